The SMILES string of the molecule is O=P(O)(O)C1C#CCCCC2CC21P(=O)(O)O. The summed E-state index contributed by atoms with van der Waals surface area (Å²) in [6.07, 6.45) is 1.95. The first kappa shape index (κ1) is 13.3. The zero-order valence-corrected chi connectivity index (χ0v) is 10.8. The van der Waals surface area contributed by atoms with E-state index in [0.29, 0.717) is 19.3 Å². The molecule has 0 bridgehead atoms. The Bertz CT molecular complexity index is 479. The molecule has 96 valence electrons. The Hall–Kier alpha value is -0.140. The molecule has 0 amide bonds. The molecule has 0 saturated heterocycles. The molecule has 0 aromatic rings. The molecule has 3 atom stereocenters. The van der Waals surface area contributed by atoms with Gasteiger partial charge in [0.1, 0.15) is 10.8 Å². The van der Waals surface area contributed by atoms with Gasteiger partial charge in [-0.2, -0.15) is 0 Å². The van der Waals surface area contributed by atoms with Crippen molar-refractivity contribution in [3.63, 3.8) is 0 Å². The smallest absolute Gasteiger partial charge is 0.324 e. The number of fused-ring (bicyclic) bond motifs is 1. The van der Waals surface area contributed by atoms with Gasteiger partial charge in [0.2, 0.25) is 0 Å². The molecule has 6 nitrogen and oxygen atoms in total. The Morgan fingerprint density at radius 1 is 1.18 bits per heavy atom. The molecule has 0 aromatic heterocycles. The fourth-order valence-electron chi connectivity index (χ4n) is 2.64. The van der Waals surface area contributed by atoms with Crippen LogP contribution >= 0.6 is 15.2 Å². The topological polar surface area (TPSA) is 115 Å². The Morgan fingerprint density at radius 2 is 1.82 bits per heavy atom. The van der Waals surface area contributed by atoms with Crippen LogP contribution < -0.4 is 0 Å². The van der Waals surface area contributed by atoms with Crippen molar-refractivity contribution < 1.29 is 28.7 Å². The average Bonchev–Trinajstić information content (AvgIpc) is 2.75. The lowest BCUT2D eigenvalue weighted by Crippen LogP contribution is -2.30. The summed E-state index contributed by atoms with van der Waals surface area (Å²) in [6.45, 7) is 0. The third kappa shape index (κ3) is 2.13. The van der Waals surface area contributed by atoms with E-state index < -0.39 is 26.0 Å². The van der Waals surface area contributed by atoms with Crippen LogP contribution in [0.25, 0.3) is 0 Å². The molecule has 0 spiro atoms. The van der Waals surface area contributed by atoms with Gasteiger partial charge < -0.3 is 19.6 Å². The van der Waals surface area contributed by atoms with E-state index in [-0.39, 0.29) is 12.3 Å². The normalized spacial score (nSPS) is 37.2. The van der Waals surface area contributed by atoms with E-state index in [1.165, 1.54) is 0 Å². The first-order chi connectivity index (χ1) is 7.69. The highest BCUT2D eigenvalue weighted by Crippen LogP contribution is 2.76. The standard InChI is InChI=1S/C9H14O6P2/c10-16(11,12)8-5-3-1-2-4-7-6-9(7,8)17(13,14)15/h7-8H,1-2,4,6H2,(H2,10,11,12)(H2,13,14,15). The summed E-state index contributed by atoms with van der Waals surface area (Å²) in [6, 6.07) is 0. The van der Waals surface area contributed by atoms with Crippen molar-refractivity contribution in [2.45, 2.75) is 36.5 Å². The quantitative estimate of drug-likeness (QED) is 0.436. The largest absolute Gasteiger partial charge is 0.341 e. The first-order valence-electron chi connectivity index (χ1n) is 5.29. The Balaban J connectivity index is 2.50. The molecular weight excluding hydrogens is 266 g/mol. The van der Waals surface area contributed by atoms with Crippen molar-refractivity contribution in [2.75, 3.05) is 0 Å². The van der Waals surface area contributed by atoms with Crippen molar-refractivity contribution in [3.05, 3.63) is 0 Å². The molecular formula is C9H14O6P2. The highest BCUT2D eigenvalue weighted by Gasteiger charge is 2.72. The van der Waals surface area contributed by atoms with Gasteiger partial charge in [0.15, 0.2) is 0 Å². The monoisotopic (exact) mass is 280 g/mol. The number of hydrogen-bond acceptors (Lipinski definition) is 2. The van der Waals surface area contributed by atoms with Gasteiger partial charge in [-0.1, -0.05) is 5.92 Å². The molecule has 0 aromatic carbocycles. The summed E-state index contributed by atoms with van der Waals surface area (Å²) in [4.78, 5) is 37.3. The second kappa shape index (κ2) is 3.93. The van der Waals surface area contributed by atoms with Crippen LogP contribution in [-0.2, 0) is 9.13 Å². The van der Waals surface area contributed by atoms with Crippen LogP contribution in [0.4, 0.5) is 0 Å². The predicted molar refractivity (Wildman–Crippen MR) is 60.3 cm³/mol. The minimum absolute atomic E-state index is 0.154. The summed E-state index contributed by atoms with van der Waals surface area (Å²) in [5.74, 6) is 4.68. The van der Waals surface area contributed by atoms with Gasteiger partial charge in [0, 0.05) is 6.42 Å². The van der Waals surface area contributed by atoms with Crippen LogP contribution in [-0.4, -0.2) is 30.4 Å². The minimum atomic E-state index is -4.63. The lowest BCUT2D eigenvalue weighted by Gasteiger charge is -2.26. The van der Waals surface area contributed by atoms with Gasteiger partial charge in [0.05, 0.1) is 0 Å². The third-order valence-corrected chi connectivity index (χ3v) is 6.92. The van der Waals surface area contributed by atoms with E-state index in [1.807, 2.05) is 0 Å². The van der Waals surface area contributed by atoms with Crippen LogP contribution in [0.5, 0.6) is 0 Å². The van der Waals surface area contributed by atoms with Crippen LogP contribution in [0.15, 0.2) is 0 Å². The molecule has 1 fully saturated rings. The first-order valence-corrected chi connectivity index (χ1v) is 8.58. The molecule has 2 aliphatic rings. The van der Waals surface area contributed by atoms with E-state index in [4.69, 9.17) is 0 Å². The van der Waals surface area contributed by atoms with E-state index in [0.717, 1.165) is 0 Å². The summed E-state index contributed by atoms with van der Waals surface area (Å²) >= 11 is 0. The molecule has 17 heavy (non-hydrogen) atoms. The second-order valence-electron chi connectivity index (χ2n) is 4.64. The third-order valence-electron chi connectivity index (χ3n) is 3.57. The summed E-state index contributed by atoms with van der Waals surface area (Å²) < 4.78 is 22.9. The molecule has 0 heterocycles. The number of rotatable bonds is 2. The molecule has 2 rings (SSSR count). The van der Waals surface area contributed by atoms with Crippen molar-refractivity contribution in [3.8, 4) is 11.8 Å². The van der Waals surface area contributed by atoms with Crippen molar-refractivity contribution in [2.24, 2.45) is 5.92 Å². The maximum atomic E-state index is 11.6. The van der Waals surface area contributed by atoms with E-state index >= 15 is 0 Å². The van der Waals surface area contributed by atoms with Gasteiger partial charge in [-0.15, -0.1) is 5.92 Å². The summed E-state index contributed by atoms with van der Waals surface area (Å²) in [5, 5.41) is -1.61. The van der Waals surface area contributed by atoms with Crippen LogP contribution in [0.3, 0.4) is 0 Å². The van der Waals surface area contributed by atoms with E-state index in [9.17, 15) is 28.7 Å². The van der Waals surface area contributed by atoms with Gasteiger partial charge in [-0.3, -0.25) is 9.13 Å². The average molecular weight is 280 g/mol. The lowest BCUT2D eigenvalue weighted by atomic mass is 10.1. The molecule has 0 aliphatic heterocycles. The fraction of sp³-hybridized carbons (Fsp3) is 0.778. The van der Waals surface area contributed by atoms with Gasteiger partial charge >= 0.3 is 15.2 Å². The Morgan fingerprint density at radius 3 is 2.35 bits per heavy atom. The number of hydrogen-bond donors (Lipinski definition) is 4. The Kier molecular flexibility index (Phi) is 3.07. The van der Waals surface area contributed by atoms with E-state index in [2.05, 4.69) is 11.8 Å². The molecule has 8 heteroatoms. The predicted octanol–water partition coefficient (Wildman–Crippen LogP) is 0.656. The maximum absolute atomic E-state index is 11.6. The van der Waals surface area contributed by atoms with E-state index in [1.54, 1.807) is 0 Å². The highest BCUT2D eigenvalue weighted by atomic mass is 31.2. The fourth-order valence-corrected chi connectivity index (χ4v) is 6.15. The van der Waals surface area contributed by atoms with Crippen molar-refractivity contribution >= 4 is 15.2 Å². The minimum Gasteiger partial charge on any atom is -0.324 e. The van der Waals surface area contributed by atoms with Crippen molar-refractivity contribution in [1.29, 1.82) is 0 Å². The van der Waals surface area contributed by atoms with Gasteiger partial charge in [-0.25, -0.2) is 0 Å². The summed E-state index contributed by atoms with van der Waals surface area (Å²) in [7, 11) is -9.20. The lowest BCUT2D eigenvalue weighted by molar-refractivity contribution is 0.328. The highest BCUT2D eigenvalue weighted by molar-refractivity contribution is 7.58. The van der Waals surface area contributed by atoms with Crippen LogP contribution in [0, 0.1) is 17.8 Å². The molecule has 3 unspecified atom stereocenters. The second-order valence-corrected chi connectivity index (χ2v) is 8.26. The van der Waals surface area contributed by atoms with Crippen LogP contribution in [0.1, 0.15) is 25.7 Å². The molecule has 2 aliphatic carbocycles. The molecule has 0 radical (unpaired) electrons. The molecule has 4 N–H and O–H groups in total. The van der Waals surface area contributed by atoms with Crippen molar-refractivity contribution in [1.82, 2.24) is 0 Å². The Labute approximate surface area is 98.7 Å². The van der Waals surface area contributed by atoms with Gasteiger partial charge in [0.25, 0.3) is 0 Å². The van der Waals surface area contributed by atoms with Crippen LogP contribution in [0.2, 0.25) is 0 Å². The molecule has 1 saturated carbocycles. The summed E-state index contributed by atoms with van der Waals surface area (Å²) in [5.41, 5.74) is -1.53. The zero-order valence-electron chi connectivity index (χ0n) is 8.98. The maximum Gasteiger partial charge on any atom is 0.341 e. The zero-order chi connectivity index (χ0) is 12.9. The van der Waals surface area contributed by atoms with Gasteiger partial charge in [-0.05, 0) is 25.2 Å².